The van der Waals surface area contributed by atoms with Crippen LogP contribution in [0.2, 0.25) is 5.02 Å². The van der Waals surface area contributed by atoms with Crippen LogP contribution in [0.3, 0.4) is 0 Å². The van der Waals surface area contributed by atoms with Gasteiger partial charge in [-0.15, -0.1) is 0 Å². The second kappa shape index (κ2) is 6.49. The summed E-state index contributed by atoms with van der Waals surface area (Å²) in [6, 6.07) is 6.70. The number of halogens is 1. The van der Waals surface area contributed by atoms with Crippen molar-refractivity contribution in [1.29, 1.82) is 0 Å². The van der Waals surface area contributed by atoms with Gasteiger partial charge in [0.25, 0.3) is 5.91 Å². The Morgan fingerprint density at radius 2 is 1.78 bits per heavy atom. The van der Waals surface area contributed by atoms with Gasteiger partial charge in [0.15, 0.2) is 0 Å². The Hall–Kier alpha value is -1.59. The van der Waals surface area contributed by atoms with E-state index in [4.69, 9.17) is 11.6 Å². The molecule has 1 saturated carbocycles. The molecule has 0 spiro atoms. The number of carbonyl (C=O) groups is 2. The molecule has 124 valence electrons. The van der Waals surface area contributed by atoms with Gasteiger partial charge >= 0.3 is 0 Å². The van der Waals surface area contributed by atoms with Crippen LogP contribution >= 0.6 is 11.6 Å². The van der Waals surface area contributed by atoms with E-state index in [0.717, 1.165) is 6.42 Å². The van der Waals surface area contributed by atoms with Crippen LogP contribution in [0.15, 0.2) is 24.3 Å². The SMILES string of the molecule is CC(=O)N[C@@H]1C[C@@H]2CN(C(=O)c3ccc(Cl)cc3)C[C@@H]2C[C@H]1O. The smallest absolute Gasteiger partial charge is 0.253 e. The number of aliphatic hydroxyl groups is 1. The van der Waals surface area contributed by atoms with Gasteiger partial charge in [-0.25, -0.2) is 0 Å². The van der Waals surface area contributed by atoms with E-state index < -0.39 is 6.10 Å². The van der Waals surface area contributed by atoms with Gasteiger partial charge in [0, 0.05) is 30.6 Å². The lowest BCUT2D eigenvalue weighted by Crippen LogP contribution is -2.48. The first kappa shape index (κ1) is 16.3. The molecule has 1 aliphatic carbocycles. The van der Waals surface area contributed by atoms with E-state index in [1.54, 1.807) is 24.3 Å². The van der Waals surface area contributed by atoms with Gasteiger partial charge < -0.3 is 15.3 Å². The number of hydrogen-bond acceptors (Lipinski definition) is 3. The summed E-state index contributed by atoms with van der Waals surface area (Å²) in [4.78, 5) is 25.7. The summed E-state index contributed by atoms with van der Waals surface area (Å²) in [5.41, 5.74) is 0.631. The van der Waals surface area contributed by atoms with Crippen LogP contribution in [0.1, 0.15) is 30.1 Å². The predicted octanol–water partition coefficient (Wildman–Crippen LogP) is 1.69. The average Bonchev–Trinajstić information content (AvgIpc) is 2.90. The monoisotopic (exact) mass is 336 g/mol. The van der Waals surface area contributed by atoms with Crippen LogP contribution in [0.25, 0.3) is 0 Å². The van der Waals surface area contributed by atoms with Crippen LogP contribution in [0.4, 0.5) is 0 Å². The van der Waals surface area contributed by atoms with Crippen molar-refractivity contribution in [2.24, 2.45) is 11.8 Å². The van der Waals surface area contributed by atoms with Crippen molar-refractivity contribution in [1.82, 2.24) is 10.2 Å². The van der Waals surface area contributed by atoms with Crippen molar-refractivity contribution in [2.45, 2.75) is 31.9 Å². The van der Waals surface area contributed by atoms with Gasteiger partial charge in [0.2, 0.25) is 5.91 Å². The number of amides is 2. The fourth-order valence-electron chi connectivity index (χ4n) is 3.79. The molecule has 23 heavy (non-hydrogen) atoms. The molecule has 2 amide bonds. The number of benzene rings is 1. The molecule has 4 atom stereocenters. The Labute approximate surface area is 140 Å². The minimum absolute atomic E-state index is 0.00151. The minimum Gasteiger partial charge on any atom is -0.391 e. The van der Waals surface area contributed by atoms with Crippen LogP contribution in [0.5, 0.6) is 0 Å². The molecule has 1 heterocycles. The minimum atomic E-state index is -0.536. The van der Waals surface area contributed by atoms with E-state index >= 15 is 0 Å². The summed E-state index contributed by atoms with van der Waals surface area (Å²) in [5.74, 6) is 0.499. The van der Waals surface area contributed by atoms with E-state index in [1.807, 2.05) is 4.90 Å². The summed E-state index contributed by atoms with van der Waals surface area (Å²) in [6.07, 6.45) is 0.807. The van der Waals surface area contributed by atoms with Crippen LogP contribution in [-0.4, -0.2) is 47.1 Å². The fourth-order valence-corrected chi connectivity index (χ4v) is 3.91. The maximum absolute atomic E-state index is 12.6. The maximum Gasteiger partial charge on any atom is 0.253 e. The third kappa shape index (κ3) is 3.51. The molecule has 2 N–H and O–H groups in total. The van der Waals surface area contributed by atoms with Crippen molar-refractivity contribution in [2.75, 3.05) is 13.1 Å². The third-order valence-electron chi connectivity index (χ3n) is 4.91. The average molecular weight is 337 g/mol. The number of aliphatic hydroxyl groups excluding tert-OH is 1. The Morgan fingerprint density at radius 3 is 2.39 bits per heavy atom. The highest BCUT2D eigenvalue weighted by atomic mass is 35.5. The molecule has 2 aliphatic rings. The summed E-state index contributed by atoms with van der Waals surface area (Å²) >= 11 is 5.86. The van der Waals surface area contributed by atoms with Gasteiger partial charge in [0.1, 0.15) is 0 Å². The van der Waals surface area contributed by atoms with Crippen molar-refractivity contribution in [3.8, 4) is 0 Å². The van der Waals surface area contributed by atoms with Crippen molar-refractivity contribution >= 4 is 23.4 Å². The quantitative estimate of drug-likeness (QED) is 0.863. The second-order valence-corrected chi connectivity index (χ2v) is 7.02. The first-order valence-corrected chi connectivity index (χ1v) is 8.32. The Bertz CT molecular complexity index is 604. The van der Waals surface area contributed by atoms with E-state index in [9.17, 15) is 14.7 Å². The molecule has 0 unspecified atom stereocenters. The zero-order valence-corrected chi connectivity index (χ0v) is 13.8. The van der Waals surface area contributed by atoms with Gasteiger partial charge in [0.05, 0.1) is 12.1 Å². The molecule has 2 fully saturated rings. The Kier molecular flexibility index (Phi) is 4.60. The molecule has 5 nitrogen and oxygen atoms in total. The predicted molar refractivity (Wildman–Crippen MR) is 87.2 cm³/mol. The number of nitrogens with one attached hydrogen (secondary N) is 1. The standard InChI is InChI=1S/C17H21ClN2O3/c1-10(21)19-15-6-12-8-20(9-13(12)7-16(15)22)17(23)11-2-4-14(18)5-3-11/h2-5,12-13,15-16,22H,6-9H2,1H3,(H,19,21)/t12-,13+,15-,16-/m1/s1. The highest BCUT2D eigenvalue weighted by Gasteiger charge is 2.43. The van der Waals surface area contributed by atoms with Crippen LogP contribution < -0.4 is 5.32 Å². The zero-order valence-electron chi connectivity index (χ0n) is 13.0. The highest BCUT2D eigenvalue weighted by Crippen LogP contribution is 2.37. The topological polar surface area (TPSA) is 69.6 Å². The normalized spacial score (nSPS) is 30.0. The number of rotatable bonds is 2. The number of fused-ring (bicyclic) bond motifs is 1. The summed E-state index contributed by atoms with van der Waals surface area (Å²) in [5, 5.41) is 13.6. The molecule has 1 saturated heterocycles. The molecule has 6 heteroatoms. The number of hydrogen-bond donors (Lipinski definition) is 2. The molecule has 0 aromatic heterocycles. The molecule has 1 aromatic carbocycles. The lowest BCUT2D eigenvalue weighted by atomic mass is 9.77. The molecular weight excluding hydrogens is 316 g/mol. The third-order valence-corrected chi connectivity index (χ3v) is 5.16. The van der Waals surface area contributed by atoms with E-state index in [0.29, 0.717) is 41.9 Å². The Morgan fingerprint density at radius 1 is 1.17 bits per heavy atom. The van der Waals surface area contributed by atoms with Crippen molar-refractivity contribution in [3.63, 3.8) is 0 Å². The Balaban J connectivity index is 1.67. The largest absolute Gasteiger partial charge is 0.391 e. The second-order valence-electron chi connectivity index (χ2n) is 6.58. The number of carbonyl (C=O) groups excluding carboxylic acids is 2. The van der Waals surface area contributed by atoms with Crippen molar-refractivity contribution in [3.05, 3.63) is 34.9 Å². The van der Waals surface area contributed by atoms with E-state index in [2.05, 4.69) is 5.32 Å². The van der Waals surface area contributed by atoms with Gasteiger partial charge in [-0.05, 0) is 48.9 Å². The van der Waals surface area contributed by atoms with Crippen molar-refractivity contribution < 1.29 is 14.7 Å². The molecule has 1 aromatic rings. The summed E-state index contributed by atoms with van der Waals surface area (Å²) in [6.45, 7) is 2.80. The zero-order chi connectivity index (χ0) is 16.6. The van der Waals surface area contributed by atoms with Crippen LogP contribution in [0, 0.1) is 11.8 Å². The number of likely N-dealkylation sites (tertiary alicyclic amines) is 1. The first-order valence-electron chi connectivity index (χ1n) is 7.94. The molecular formula is C17H21ClN2O3. The van der Waals surface area contributed by atoms with Gasteiger partial charge in [-0.3, -0.25) is 9.59 Å². The van der Waals surface area contributed by atoms with Gasteiger partial charge in [-0.2, -0.15) is 0 Å². The number of nitrogens with zero attached hydrogens (tertiary/aromatic N) is 1. The van der Waals surface area contributed by atoms with Crippen LogP contribution in [-0.2, 0) is 4.79 Å². The fraction of sp³-hybridized carbons (Fsp3) is 0.529. The molecule has 3 rings (SSSR count). The van der Waals surface area contributed by atoms with E-state index in [1.165, 1.54) is 6.92 Å². The maximum atomic E-state index is 12.6. The van der Waals surface area contributed by atoms with E-state index in [-0.39, 0.29) is 17.9 Å². The summed E-state index contributed by atoms with van der Waals surface area (Å²) < 4.78 is 0. The van der Waals surface area contributed by atoms with Gasteiger partial charge in [-0.1, -0.05) is 11.6 Å². The summed E-state index contributed by atoms with van der Waals surface area (Å²) in [7, 11) is 0. The molecule has 0 radical (unpaired) electrons. The molecule has 0 bridgehead atoms. The highest BCUT2D eigenvalue weighted by molar-refractivity contribution is 6.30. The first-order chi connectivity index (χ1) is 10.9. The lowest BCUT2D eigenvalue weighted by molar-refractivity contribution is -0.121. The lowest BCUT2D eigenvalue weighted by Gasteiger charge is -2.35. The molecule has 1 aliphatic heterocycles.